The Hall–Kier alpha value is -1.26. The van der Waals surface area contributed by atoms with Crippen LogP contribution in [0.5, 0.6) is 0 Å². The summed E-state index contributed by atoms with van der Waals surface area (Å²) >= 11 is 0. The number of amides is 3. The van der Waals surface area contributed by atoms with Crippen LogP contribution in [0.2, 0.25) is 0 Å². The third-order valence-electron chi connectivity index (χ3n) is 2.11. The van der Waals surface area contributed by atoms with Gasteiger partial charge in [0.25, 0.3) is 0 Å². The highest BCUT2D eigenvalue weighted by atomic mass is 16.4. The van der Waals surface area contributed by atoms with Crippen LogP contribution >= 0.6 is 0 Å². The highest BCUT2D eigenvalue weighted by molar-refractivity contribution is 5.89. The highest BCUT2D eigenvalue weighted by Crippen LogP contribution is 2.09. The van der Waals surface area contributed by atoms with Gasteiger partial charge in [0.2, 0.25) is 0 Å². The lowest BCUT2D eigenvalue weighted by Crippen LogP contribution is -2.42. The third kappa shape index (κ3) is 3.31. The van der Waals surface area contributed by atoms with Gasteiger partial charge in [0.05, 0.1) is 0 Å². The highest BCUT2D eigenvalue weighted by Gasteiger charge is 2.16. The molecule has 0 unspecified atom stereocenters. The van der Waals surface area contributed by atoms with Gasteiger partial charge in [-0.2, -0.15) is 0 Å². The number of carbonyl (C=O) groups excluding carboxylic acids is 1. The van der Waals surface area contributed by atoms with E-state index >= 15 is 0 Å². The van der Waals surface area contributed by atoms with Gasteiger partial charge in [-0.15, -0.1) is 0 Å². The van der Waals surface area contributed by atoms with E-state index in [1.165, 1.54) is 0 Å². The fourth-order valence-corrected chi connectivity index (χ4v) is 1.44. The Labute approximate surface area is 76.7 Å². The lowest BCUT2D eigenvalue weighted by atomic mass is 10.2. The van der Waals surface area contributed by atoms with Crippen molar-refractivity contribution in [2.45, 2.75) is 25.7 Å². The van der Waals surface area contributed by atoms with Crippen LogP contribution in [0, 0.1) is 0 Å². The summed E-state index contributed by atoms with van der Waals surface area (Å²) in [5, 5.41) is 10.2. The summed E-state index contributed by atoms with van der Waals surface area (Å²) in [4.78, 5) is 22.9. The molecule has 74 valence electrons. The zero-order chi connectivity index (χ0) is 9.68. The van der Waals surface area contributed by atoms with E-state index in [-0.39, 0.29) is 0 Å². The van der Waals surface area contributed by atoms with Gasteiger partial charge < -0.3 is 10.0 Å². The topological polar surface area (TPSA) is 69.6 Å². The fourth-order valence-electron chi connectivity index (χ4n) is 1.44. The minimum atomic E-state index is -1.28. The number of carbonyl (C=O) groups is 2. The van der Waals surface area contributed by atoms with Gasteiger partial charge in [-0.05, 0) is 12.8 Å². The summed E-state index contributed by atoms with van der Waals surface area (Å²) in [5.74, 6) is 0. The molecule has 1 rings (SSSR count). The number of imide groups is 1. The van der Waals surface area contributed by atoms with E-state index in [1.54, 1.807) is 4.90 Å². The van der Waals surface area contributed by atoms with Crippen molar-refractivity contribution in [3.8, 4) is 0 Å². The van der Waals surface area contributed by atoms with Gasteiger partial charge in [-0.3, -0.25) is 0 Å². The number of likely N-dealkylation sites (tertiary alicyclic amines) is 1. The number of carboxylic acid groups (broad SMARTS) is 1. The quantitative estimate of drug-likeness (QED) is 0.598. The maximum atomic E-state index is 11.2. The summed E-state index contributed by atoms with van der Waals surface area (Å²) in [6, 6.07) is -0.491. The van der Waals surface area contributed by atoms with E-state index in [4.69, 9.17) is 5.11 Å². The molecule has 0 aliphatic carbocycles. The van der Waals surface area contributed by atoms with Crippen LogP contribution in [0.25, 0.3) is 0 Å². The van der Waals surface area contributed by atoms with E-state index in [0.717, 1.165) is 25.7 Å². The number of rotatable bonds is 0. The molecule has 2 N–H and O–H groups in total. The second kappa shape index (κ2) is 4.69. The maximum Gasteiger partial charge on any atom is 0.412 e. The minimum absolute atomic E-state index is 0.491. The van der Waals surface area contributed by atoms with Crippen LogP contribution in [0.15, 0.2) is 0 Å². The Balaban J connectivity index is 2.39. The summed E-state index contributed by atoms with van der Waals surface area (Å²) in [6.45, 7) is 1.33. The first-order valence-electron chi connectivity index (χ1n) is 4.49. The Morgan fingerprint density at radius 2 is 1.62 bits per heavy atom. The van der Waals surface area contributed by atoms with Crippen molar-refractivity contribution in [2.24, 2.45) is 0 Å². The van der Waals surface area contributed by atoms with Gasteiger partial charge in [-0.1, -0.05) is 12.8 Å². The molecule has 1 aliphatic rings. The average Bonchev–Trinajstić information content (AvgIpc) is 2.29. The maximum absolute atomic E-state index is 11.2. The summed E-state index contributed by atoms with van der Waals surface area (Å²) < 4.78 is 0. The largest absolute Gasteiger partial charge is 0.465 e. The summed E-state index contributed by atoms with van der Waals surface area (Å²) in [7, 11) is 0. The molecule has 0 atom stereocenters. The summed E-state index contributed by atoms with van der Waals surface area (Å²) in [6.07, 6.45) is 2.89. The molecule has 0 aromatic heterocycles. The van der Waals surface area contributed by atoms with Gasteiger partial charge in [0.1, 0.15) is 0 Å². The molecule has 1 heterocycles. The molecule has 1 saturated heterocycles. The van der Waals surface area contributed by atoms with Crippen molar-refractivity contribution in [1.82, 2.24) is 10.2 Å². The fraction of sp³-hybridized carbons (Fsp3) is 0.750. The number of nitrogens with one attached hydrogen (secondary N) is 1. The Bertz CT molecular complexity index is 198. The van der Waals surface area contributed by atoms with Crippen LogP contribution < -0.4 is 5.32 Å². The number of nitrogens with zero attached hydrogens (tertiary/aromatic N) is 1. The number of hydrogen-bond acceptors (Lipinski definition) is 2. The number of hydrogen-bond donors (Lipinski definition) is 2. The molecule has 0 aromatic rings. The predicted octanol–water partition coefficient (Wildman–Crippen LogP) is 1.25. The van der Waals surface area contributed by atoms with Crippen LogP contribution in [0.4, 0.5) is 9.59 Å². The van der Waals surface area contributed by atoms with Gasteiger partial charge >= 0.3 is 12.1 Å². The predicted molar refractivity (Wildman–Crippen MR) is 46.6 cm³/mol. The molecule has 0 aromatic carbocycles. The second-order valence-corrected chi connectivity index (χ2v) is 3.14. The first kappa shape index (κ1) is 9.83. The third-order valence-corrected chi connectivity index (χ3v) is 2.11. The first-order chi connectivity index (χ1) is 6.20. The van der Waals surface area contributed by atoms with E-state index < -0.39 is 12.1 Å². The van der Waals surface area contributed by atoms with Crippen LogP contribution in [0.1, 0.15) is 25.7 Å². The summed E-state index contributed by atoms with van der Waals surface area (Å²) in [5.41, 5.74) is 0. The molecule has 3 amide bonds. The standard InChI is InChI=1S/C8H14N2O3/c11-7(9-8(12)13)10-5-3-1-2-4-6-10/h1-6H2,(H,9,11)(H,12,13). The first-order valence-corrected chi connectivity index (χ1v) is 4.49. The smallest absolute Gasteiger partial charge is 0.412 e. The number of urea groups is 1. The van der Waals surface area contributed by atoms with Crippen LogP contribution in [0.3, 0.4) is 0 Å². The molecule has 5 nitrogen and oxygen atoms in total. The molecule has 0 radical (unpaired) electrons. The van der Waals surface area contributed by atoms with Crippen LogP contribution in [-0.2, 0) is 0 Å². The zero-order valence-electron chi connectivity index (χ0n) is 7.45. The molecule has 13 heavy (non-hydrogen) atoms. The van der Waals surface area contributed by atoms with Gasteiger partial charge in [0, 0.05) is 13.1 Å². The molecule has 0 spiro atoms. The molecular weight excluding hydrogens is 172 g/mol. The van der Waals surface area contributed by atoms with E-state index in [2.05, 4.69) is 0 Å². The second-order valence-electron chi connectivity index (χ2n) is 3.14. The molecule has 1 fully saturated rings. The van der Waals surface area contributed by atoms with E-state index in [9.17, 15) is 9.59 Å². The molecule has 0 bridgehead atoms. The van der Waals surface area contributed by atoms with E-state index in [0.29, 0.717) is 13.1 Å². The average molecular weight is 186 g/mol. The van der Waals surface area contributed by atoms with Crippen molar-refractivity contribution in [3.05, 3.63) is 0 Å². The lowest BCUT2D eigenvalue weighted by Gasteiger charge is -2.18. The van der Waals surface area contributed by atoms with E-state index in [1.807, 2.05) is 5.32 Å². The molecule has 1 aliphatic heterocycles. The van der Waals surface area contributed by atoms with Gasteiger partial charge in [-0.25, -0.2) is 14.9 Å². The Morgan fingerprint density at radius 1 is 1.08 bits per heavy atom. The van der Waals surface area contributed by atoms with Crippen molar-refractivity contribution < 1.29 is 14.7 Å². The van der Waals surface area contributed by atoms with Gasteiger partial charge in [0.15, 0.2) is 0 Å². The SMILES string of the molecule is O=C(O)NC(=O)N1CCCCCC1. The Morgan fingerprint density at radius 3 is 2.08 bits per heavy atom. The zero-order valence-corrected chi connectivity index (χ0v) is 7.45. The van der Waals surface area contributed by atoms with Crippen LogP contribution in [-0.4, -0.2) is 35.2 Å². The van der Waals surface area contributed by atoms with Crippen molar-refractivity contribution in [3.63, 3.8) is 0 Å². The monoisotopic (exact) mass is 186 g/mol. The Kier molecular flexibility index (Phi) is 3.54. The lowest BCUT2D eigenvalue weighted by molar-refractivity contribution is 0.178. The normalized spacial score (nSPS) is 17.7. The molecule has 5 heteroatoms. The molecule has 0 saturated carbocycles. The molecular formula is C8H14N2O3. The van der Waals surface area contributed by atoms with Crippen molar-refractivity contribution in [1.29, 1.82) is 0 Å². The minimum Gasteiger partial charge on any atom is -0.465 e. The van der Waals surface area contributed by atoms with Crippen molar-refractivity contribution >= 4 is 12.1 Å². The van der Waals surface area contributed by atoms with Crippen molar-refractivity contribution in [2.75, 3.05) is 13.1 Å².